The quantitative estimate of drug-likeness (QED) is 0.517. The van der Waals surface area contributed by atoms with Gasteiger partial charge in [0.1, 0.15) is 11.4 Å². The summed E-state index contributed by atoms with van der Waals surface area (Å²) >= 11 is 6.52. The van der Waals surface area contributed by atoms with E-state index in [0.717, 1.165) is 10.4 Å². The molecule has 1 aromatic carbocycles. The van der Waals surface area contributed by atoms with Crippen molar-refractivity contribution in [3.05, 3.63) is 57.5 Å². The Morgan fingerprint density at radius 1 is 1.22 bits per heavy atom. The SMILES string of the molecule is Cc1ccsc1/C=C1\C(=O)NC(=S)N(c2ccc(F)cc2)C1=O. The number of halogens is 1. The summed E-state index contributed by atoms with van der Waals surface area (Å²) in [5.74, 6) is -1.48. The summed E-state index contributed by atoms with van der Waals surface area (Å²) in [6, 6.07) is 7.24. The second-order valence-electron chi connectivity index (χ2n) is 4.90. The molecule has 0 radical (unpaired) electrons. The number of amides is 2. The van der Waals surface area contributed by atoms with Crippen molar-refractivity contribution in [1.82, 2.24) is 5.32 Å². The molecule has 1 N–H and O–H groups in total. The molecule has 2 amide bonds. The summed E-state index contributed by atoms with van der Waals surface area (Å²) in [5, 5.41) is 4.36. The second kappa shape index (κ2) is 6.02. The monoisotopic (exact) mass is 346 g/mol. The van der Waals surface area contributed by atoms with E-state index in [0.29, 0.717) is 5.69 Å². The van der Waals surface area contributed by atoms with Gasteiger partial charge in [0.25, 0.3) is 11.8 Å². The van der Waals surface area contributed by atoms with Gasteiger partial charge in [-0.2, -0.15) is 0 Å². The molecule has 1 fully saturated rings. The number of hydrogen-bond donors (Lipinski definition) is 1. The number of benzene rings is 1. The smallest absolute Gasteiger partial charge is 0.270 e. The minimum Gasteiger partial charge on any atom is -0.298 e. The summed E-state index contributed by atoms with van der Waals surface area (Å²) in [5.41, 5.74) is 1.37. The Hall–Kier alpha value is -2.38. The van der Waals surface area contributed by atoms with Crippen LogP contribution in [-0.4, -0.2) is 16.9 Å². The standard InChI is InChI=1S/C16H11FN2O2S2/c1-9-6-7-23-13(9)8-12-14(20)18-16(22)19(15(12)21)11-4-2-10(17)3-5-11/h2-8H,1H3,(H,18,20,22)/b12-8+. The van der Waals surface area contributed by atoms with Crippen molar-refractivity contribution in [3.63, 3.8) is 0 Å². The third-order valence-corrected chi connectivity index (χ3v) is 4.61. The number of thiocarbonyl (C=S) groups is 1. The Morgan fingerprint density at radius 2 is 1.91 bits per heavy atom. The Balaban J connectivity index is 2.02. The number of anilines is 1. The lowest BCUT2D eigenvalue weighted by Crippen LogP contribution is -2.54. The zero-order valence-corrected chi connectivity index (χ0v) is 13.6. The molecule has 116 valence electrons. The molecular formula is C16H11FN2O2S2. The van der Waals surface area contributed by atoms with Crippen LogP contribution in [0.4, 0.5) is 10.1 Å². The first kappa shape index (κ1) is 15.5. The van der Waals surface area contributed by atoms with Crippen LogP contribution in [0.1, 0.15) is 10.4 Å². The van der Waals surface area contributed by atoms with Gasteiger partial charge in [-0.3, -0.25) is 19.8 Å². The van der Waals surface area contributed by atoms with Crippen LogP contribution in [0.15, 0.2) is 41.3 Å². The zero-order valence-electron chi connectivity index (χ0n) is 12.0. The van der Waals surface area contributed by atoms with Crippen molar-refractivity contribution >= 4 is 52.2 Å². The van der Waals surface area contributed by atoms with Crippen molar-refractivity contribution in [2.45, 2.75) is 6.92 Å². The summed E-state index contributed by atoms with van der Waals surface area (Å²) in [7, 11) is 0. The van der Waals surface area contributed by atoms with Crippen LogP contribution < -0.4 is 10.2 Å². The lowest BCUT2D eigenvalue weighted by molar-refractivity contribution is -0.122. The zero-order chi connectivity index (χ0) is 16.6. The lowest BCUT2D eigenvalue weighted by atomic mass is 10.1. The molecule has 1 aliphatic rings. The van der Waals surface area contributed by atoms with E-state index >= 15 is 0 Å². The third-order valence-electron chi connectivity index (χ3n) is 3.36. The van der Waals surface area contributed by atoms with Gasteiger partial charge in [-0.25, -0.2) is 4.39 Å². The fourth-order valence-corrected chi connectivity index (χ4v) is 3.29. The van der Waals surface area contributed by atoms with Crippen molar-refractivity contribution < 1.29 is 14.0 Å². The number of rotatable bonds is 2. The van der Waals surface area contributed by atoms with Gasteiger partial charge in [0.15, 0.2) is 5.11 Å². The molecular weight excluding hydrogens is 335 g/mol. The fraction of sp³-hybridized carbons (Fsp3) is 0.0625. The number of carbonyl (C=O) groups excluding carboxylic acids is 2. The van der Waals surface area contributed by atoms with E-state index < -0.39 is 17.6 Å². The van der Waals surface area contributed by atoms with E-state index in [1.165, 1.54) is 40.5 Å². The average molecular weight is 346 g/mol. The summed E-state index contributed by atoms with van der Waals surface area (Å²) < 4.78 is 13.1. The van der Waals surface area contributed by atoms with E-state index in [1.807, 2.05) is 18.4 Å². The Morgan fingerprint density at radius 3 is 2.52 bits per heavy atom. The van der Waals surface area contributed by atoms with Gasteiger partial charge in [-0.05, 0) is 66.5 Å². The first-order valence-corrected chi connectivity index (χ1v) is 7.97. The van der Waals surface area contributed by atoms with Crippen LogP contribution in [0.3, 0.4) is 0 Å². The topological polar surface area (TPSA) is 49.4 Å². The normalized spacial score (nSPS) is 16.9. The Bertz CT molecular complexity index is 840. The molecule has 3 rings (SSSR count). The summed E-state index contributed by atoms with van der Waals surface area (Å²) in [6.07, 6.45) is 1.55. The third kappa shape index (κ3) is 2.93. The van der Waals surface area contributed by atoms with Crippen LogP contribution >= 0.6 is 23.6 Å². The molecule has 1 aromatic heterocycles. The fourth-order valence-electron chi connectivity index (χ4n) is 2.15. The number of aryl methyl sites for hydroxylation is 1. The maximum absolute atomic E-state index is 13.1. The van der Waals surface area contributed by atoms with Gasteiger partial charge < -0.3 is 0 Å². The molecule has 0 unspecified atom stereocenters. The minimum atomic E-state index is -0.536. The maximum atomic E-state index is 13.1. The molecule has 2 aromatic rings. The Labute approximate surface area is 141 Å². The van der Waals surface area contributed by atoms with Gasteiger partial charge in [0, 0.05) is 4.88 Å². The first-order chi connectivity index (χ1) is 11.0. The largest absolute Gasteiger partial charge is 0.298 e. The molecule has 7 heteroatoms. The summed E-state index contributed by atoms with van der Waals surface area (Å²) in [6.45, 7) is 1.90. The summed E-state index contributed by atoms with van der Waals surface area (Å²) in [4.78, 5) is 26.8. The molecule has 0 saturated carbocycles. The van der Waals surface area contributed by atoms with E-state index in [9.17, 15) is 14.0 Å². The first-order valence-electron chi connectivity index (χ1n) is 6.68. The molecule has 1 aliphatic heterocycles. The highest BCUT2D eigenvalue weighted by atomic mass is 32.1. The average Bonchev–Trinajstić information content (AvgIpc) is 2.90. The van der Waals surface area contributed by atoms with Crippen LogP contribution in [0.2, 0.25) is 0 Å². The van der Waals surface area contributed by atoms with E-state index in [2.05, 4.69) is 5.32 Å². The number of thiophene rings is 1. The van der Waals surface area contributed by atoms with E-state index in [-0.39, 0.29) is 10.7 Å². The van der Waals surface area contributed by atoms with Crippen molar-refractivity contribution in [3.8, 4) is 0 Å². The van der Waals surface area contributed by atoms with Gasteiger partial charge in [0.05, 0.1) is 5.69 Å². The number of nitrogens with one attached hydrogen (secondary N) is 1. The molecule has 0 spiro atoms. The predicted octanol–water partition coefficient (Wildman–Crippen LogP) is 3.03. The highest BCUT2D eigenvalue weighted by molar-refractivity contribution is 7.80. The highest BCUT2D eigenvalue weighted by Crippen LogP contribution is 2.24. The molecule has 1 saturated heterocycles. The molecule has 2 heterocycles. The second-order valence-corrected chi connectivity index (χ2v) is 6.24. The highest BCUT2D eigenvalue weighted by Gasteiger charge is 2.34. The van der Waals surface area contributed by atoms with Crippen molar-refractivity contribution in [2.75, 3.05) is 4.90 Å². The van der Waals surface area contributed by atoms with E-state index in [1.54, 1.807) is 6.08 Å². The molecule has 4 nitrogen and oxygen atoms in total. The van der Waals surface area contributed by atoms with Gasteiger partial charge >= 0.3 is 0 Å². The number of hydrogen-bond acceptors (Lipinski definition) is 4. The maximum Gasteiger partial charge on any atom is 0.270 e. The van der Waals surface area contributed by atoms with Crippen LogP contribution in [0.5, 0.6) is 0 Å². The van der Waals surface area contributed by atoms with Gasteiger partial charge in [-0.15, -0.1) is 11.3 Å². The van der Waals surface area contributed by atoms with Crippen LogP contribution in [0.25, 0.3) is 6.08 Å². The van der Waals surface area contributed by atoms with Crippen LogP contribution in [0, 0.1) is 12.7 Å². The lowest BCUT2D eigenvalue weighted by Gasteiger charge is -2.28. The van der Waals surface area contributed by atoms with Crippen LogP contribution in [-0.2, 0) is 9.59 Å². The van der Waals surface area contributed by atoms with Gasteiger partial charge in [0.2, 0.25) is 0 Å². The van der Waals surface area contributed by atoms with E-state index in [4.69, 9.17) is 12.2 Å². The number of nitrogens with zero attached hydrogens (tertiary/aromatic N) is 1. The molecule has 0 aliphatic carbocycles. The van der Waals surface area contributed by atoms with Crippen molar-refractivity contribution in [1.29, 1.82) is 0 Å². The van der Waals surface area contributed by atoms with Gasteiger partial charge in [-0.1, -0.05) is 0 Å². The molecule has 0 atom stereocenters. The molecule has 23 heavy (non-hydrogen) atoms. The molecule has 0 bridgehead atoms. The predicted molar refractivity (Wildman–Crippen MR) is 91.7 cm³/mol. The Kier molecular flexibility index (Phi) is 4.06. The minimum absolute atomic E-state index is 0.00604. The number of carbonyl (C=O) groups is 2. The van der Waals surface area contributed by atoms with Crippen molar-refractivity contribution in [2.24, 2.45) is 0 Å².